The summed E-state index contributed by atoms with van der Waals surface area (Å²) in [6.07, 6.45) is 2.57. The Labute approximate surface area is 153 Å². The molecular weight excluding hydrogens is 334 g/mol. The van der Waals surface area contributed by atoms with Crippen molar-refractivity contribution in [1.82, 2.24) is 15.1 Å². The number of hydrogen-bond acceptors (Lipinski definition) is 5. The summed E-state index contributed by atoms with van der Waals surface area (Å²) >= 11 is 0. The second-order valence-electron chi connectivity index (χ2n) is 6.74. The summed E-state index contributed by atoms with van der Waals surface area (Å²) in [5.74, 6) is -0.425. The highest BCUT2D eigenvalue weighted by Crippen LogP contribution is 2.18. The van der Waals surface area contributed by atoms with Crippen LogP contribution in [0.2, 0.25) is 0 Å². The molecule has 1 aromatic carbocycles. The molecule has 1 aromatic heterocycles. The van der Waals surface area contributed by atoms with Crippen LogP contribution in [0.25, 0.3) is 0 Å². The van der Waals surface area contributed by atoms with Gasteiger partial charge >= 0.3 is 12.1 Å². The highest BCUT2D eigenvalue weighted by Gasteiger charge is 2.21. The van der Waals surface area contributed by atoms with Gasteiger partial charge in [-0.05, 0) is 33.3 Å². The lowest BCUT2D eigenvalue weighted by Crippen LogP contribution is -2.36. The van der Waals surface area contributed by atoms with E-state index in [1.54, 1.807) is 38.6 Å². The maximum Gasteiger partial charge on any atom is 0.407 e. The molecule has 26 heavy (non-hydrogen) atoms. The van der Waals surface area contributed by atoms with Crippen LogP contribution in [0, 0.1) is 0 Å². The largest absolute Gasteiger partial charge is 0.462 e. The van der Waals surface area contributed by atoms with Gasteiger partial charge in [0.2, 0.25) is 0 Å². The van der Waals surface area contributed by atoms with Crippen molar-refractivity contribution in [2.45, 2.75) is 39.3 Å². The molecule has 140 valence electrons. The third-order valence-corrected chi connectivity index (χ3v) is 3.45. The molecule has 0 bridgehead atoms. The summed E-state index contributed by atoms with van der Waals surface area (Å²) < 4.78 is 11.9. The molecule has 2 aromatic rings. The number of nitrogens with one attached hydrogen (secondary N) is 1. The number of carbonyl (C=O) groups excluding carboxylic acids is 2. The molecule has 2 rings (SSSR count). The number of nitrogens with zero attached hydrogens (tertiary/aromatic N) is 2. The maximum atomic E-state index is 12.0. The summed E-state index contributed by atoms with van der Waals surface area (Å²) in [5.41, 5.74) is 0.738. The molecule has 0 saturated carbocycles. The molecule has 0 saturated heterocycles. The average Bonchev–Trinajstić information content (AvgIpc) is 3.04. The quantitative estimate of drug-likeness (QED) is 0.801. The molecule has 0 fully saturated rings. The summed E-state index contributed by atoms with van der Waals surface area (Å²) in [6, 6.07) is 9.32. The number of carbonyl (C=O) groups is 2. The van der Waals surface area contributed by atoms with Gasteiger partial charge in [-0.25, -0.2) is 9.59 Å². The fourth-order valence-electron chi connectivity index (χ4n) is 2.36. The van der Waals surface area contributed by atoms with E-state index in [0.717, 1.165) is 5.56 Å². The normalized spacial score (nSPS) is 12.3. The highest BCUT2D eigenvalue weighted by molar-refractivity contribution is 5.88. The summed E-state index contributed by atoms with van der Waals surface area (Å²) in [6.45, 7) is 7.73. The lowest BCUT2D eigenvalue weighted by molar-refractivity contribution is 0.0511. The molecule has 1 unspecified atom stereocenters. The minimum absolute atomic E-state index is 0.267. The van der Waals surface area contributed by atoms with Gasteiger partial charge in [-0.3, -0.25) is 4.68 Å². The highest BCUT2D eigenvalue weighted by atomic mass is 16.6. The Morgan fingerprint density at radius 2 is 1.92 bits per heavy atom. The Hall–Kier alpha value is -2.83. The van der Waals surface area contributed by atoms with Crippen LogP contribution in [0.4, 0.5) is 4.79 Å². The van der Waals surface area contributed by atoms with Gasteiger partial charge in [-0.1, -0.05) is 30.3 Å². The SMILES string of the molecule is CCOC(=O)c1cnn(C(CNC(=O)OC(C)(C)C)c2ccccc2)c1. The number of alkyl carbamates (subject to hydrolysis) is 1. The predicted octanol–water partition coefficient (Wildman–Crippen LogP) is 3.17. The molecule has 1 amide bonds. The zero-order valence-corrected chi connectivity index (χ0v) is 15.6. The summed E-state index contributed by atoms with van der Waals surface area (Å²) in [7, 11) is 0. The van der Waals surface area contributed by atoms with E-state index < -0.39 is 17.7 Å². The number of rotatable bonds is 6. The van der Waals surface area contributed by atoms with E-state index in [0.29, 0.717) is 12.2 Å². The van der Waals surface area contributed by atoms with Gasteiger partial charge in [-0.15, -0.1) is 0 Å². The second-order valence-corrected chi connectivity index (χ2v) is 6.74. The smallest absolute Gasteiger partial charge is 0.407 e. The lowest BCUT2D eigenvalue weighted by atomic mass is 10.1. The van der Waals surface area contributed by atoms with Gasteiger partial charge < -0.3 is 14.8 Å². The summed E-state index contributed by atoms with van der Waals surface area (Å²) in [4.78, 5) is 23.9. The van der Waals surface area contributed by atoms with Gasteiger partial charge in [-0.2, -0.15) is 5.10 Å². The van der Waals surface area contributed by atoms with Crippen LogP contribution in [0.15, 0.2) is 42.7 Å². The first kappa shape index (κ1) is 19.5. The van der Waals surface area contributed by atoms with Crippen molar-refractivity contribution in [3.63, 3.8) is 0 Å². The Morgan fingerprint density at radius 1 is 1.23 bits per heavy atom. The Morgan fingerprint density at radius 3 is 2.54 bits per heavy atom. The van der Waals surface area contributed by atoms with Crippen LogP contribution in [0.5, 0.6) is 0 Å². The summed E-state index contributed by atoms with van der Waals surface area (Å²) in [5, 5.41) is 7.03. The van der Waals surface area contributed by atoms with Gasteiger partial charge in [0.25, 0.3) is 0 Å². The zero-order chi connectivity index (χ0) is 19.2. The van der Waals surface area contributed by atoms with Crippen LogP contribution >= 0.6 is 0 Å². The first-order chi connectivity index (χ1) is 12.3. The van der Waals surface area contributed by atoms with Gasteiger partial charge in [0.1, 0.15) is 5.60 Å². The van der Waals surface area contributed by atoms with Crippen LogP contribution in [-0.4, -0.2) is 40.6 Å². The fourth-order valence-corrected chi connectivity index (χ4v) is 2.36. The van der Waals surface area contributed by atoms with E-state index in [2.05, 4.69) is 10.4 Å². The van der Waals surface area contributed by atoms with E-state index in [4.69, 9.17) is 9.47 Å². The van der Waals surface area contributed by atoms with Crippen molar-refractivity contribution in [1.29, 1.82) is 0 Å². The van der Waals surface area contributed by atoms with Crippen LogP contribution in [-0.2, 0) is 9.47 Å². The molecular formula is C19H25N3O4. The predicted molar refractivity (Wildman–Crippen MR) is 97.0 cm³/mol. The molecule has 1 N–H and O–H groups in total. The van der Waals surface area contributed by atoms with Crippen LogP contribution in [0.1, 0.15) is 49.7 Å². The first-order valence-corrected chi connectivity index (χ1v) is 8.53. The lowest BCUT2D eigenvalue weighted by Gasteiger charge is -2.22. The third-order valence-electron chi connectivity index (χ3n) is 3.45. The van der Waals surface area contributed by atoms with E-state index in [9.17, 15) is 9.59 Å². The third kappa shape index (κ3) is 5.61. The molecule has 0 aliphatic heterocycles. The van der Waals surface area contributed by atoms with Crippen LogP contribution < -0.4 is 5.32 Å². The van der Waals surface area contributed by atoms with Crippen LogP contribution in [0.3, 0.4) is 0 Å². The number of amides is 1. The minimum atomic E-state index is -0.574. The van der Waals surface area contributed by atoms with E-state index in [-0.39, 0.29) is 12.6 Å². The number of esters is 1. The van der Waals surface area contributed by atoms with E-state index in [1.165, 1.54) is 6.20 Å². The number of ether oxygens (including phenoxy) is 2. The zero-order valence-electron chi connectivity index (χ0n) is 15.6. The Bertz CT molecular complexity index is 735. The number of benzene rings is 1. The number of aromatic nitrogens is 2. The first-order valence-electron chi connectivity index (χ1n) is 8.53. The molecule has 0 aliphatic rings. The minimum Gasteiger partial charge on any atom is -0.462 e. The van der Waals surface area contributed by atoms with Gasteiger partial charge in [0, 0.05) is 12.7 Å². The average molecular weight is 359 g/mol. The standard InChI is InChI=1S/C19H25N3O4/c1-5-25-17(23)15-11-21-22(13-15)16(14-9-7-6-8-10-14)12-20-18(24)26-19(2,3)4/h6-11,13,16H,5,12H2,1-4H3,(H,20,24). The van der Waals surface area contributed by atoms with Crippen molar-refractivity contribution < 1.29 is 19.1 Å². The van der Waals surface area contributed by atoms with E-state index in [1.807, 2.05) is 30.3 Å². The van der Waals surface area contributed by atoms with Crippen molar-refractivity contribution >= 4 is 12.1 Å². The molecule has 0 radical (unpaired) electrons. The van der Waals surface area contributed by atoms with Gasteiger partial charge in [0.05, 0.1) is 24.4 Å². The van der Waals surface area contributed by atoms with E-state index >= 15 is 0 Å². The topological polar surface area (TPSA) is 82.5 Å². The molecule has 7 nitrogen and oxygen atoms in total. The molecule has 1 heterocycles. The second kappa shape index (κ2) is 8.51. The van der Waals surface area contributed by atoms with Crippen molar-refractivity contribution in [2.24, 2.45) is 0 Å². The fraction of sp³-hybridized carbons (Fsp3) is 0.421. The maximum absolute atomic E-state index is 12.0. The van der Waals surface area contributed by atoms with Crippen molar-refractivity contribution in [2.75, 3.05) is 13.2 Å². The Kier molecular flexibility index (Phi) is 6.38. The monoisotopic (exact) mass is 359 g/mol. The molecule has 0 aliphatic carbocycles. The Balaban J connectivity index is 2.17. The van der Waals surface area contributed by atoms with Gasteiger partial charge in [0.15, 0.2) is 0 Å². The van der Waals surface area contributed by atoms with Crippen molar-refractivity contribution in [3.05, 3.63) is 53.9 Å². The number of hydrogen-bond donors (Lipinski definition) is 1. The molecule has 0 spiro atoms. The van der Waals surface area contributed by atoms with Crippen molar-refractivity contribution in [3.8, 4) is 0 Å². The molecule has 1 atom stereocenters. The molecule has 7 heteroatoms.